The van der Waals surface area contributed by atoms with Crippen LogP contribution in [0.1, 0.15) is 63.0 Å². The van der Waals surface area contributed by atoms with Gasteiger partial charge in [-0.15, -0.1) is 5.54 Å². The molecule has 0 aromatic heterocycles. The van der Waals surface area contributed by atoms with Gasteiger partial charge in [-0.05, 0) is 40.9 Å². The van der Waals surface area contributed by atoms with Gasteiger partial charge in [0.2, 0.25) is 0 Å². The molecule has 0 unspecified atom stereocenters. The molecule has 2 aromatic carbocycles. The summed E-state index contributed by atoms with van der Waals surface area (Å²) in [6.45, 7) is 13.9. The largest absolute Gasteiger partial charge is 0.289 e. The standard InChI is InChI=1S/C24H30OSi/c1-18(2)26(19(3)4,20(5)6)17-16-21-12-14-23(15-13-21)24(25)22-10-8-7-9-11-22/h7-15,18-20H,1-6H3. The van der Waals surface area contributed by atoms with E-state index in [1.165, 1.54) is 0 Å². The van der Waals surface area contributed by atoms with Crippen LogP contribution in [0.25, 0.3) is 0 Å². The van der Waals surface area contributed by atoms with Crippen LogP contribution in [0.5, 0.6) is 0 Å². The highest BCUT2D eigenvalue weighted by Gasteiger charge is 2.41. The van der Waals surface area contributed by atoms with Crippen LogP contribution in [0.3, 0.4) is 0 Å². The molecule has 0 spiro atoms. The van der Waals surface area contributed by atoms with Crippen molar-refractivity contribution in [2.45, 2.75) is 58.2 Å². The summed E-state index contributed by atoms with van der Waals surface area (Å²) < 4.78 is 0. The monoisotopic (exact) mass is 362 g/mol. The summed E-state index contributed by atoms with van der Waals surface area (Å²) in [5, 5.41) is 0. The first-order valence-corrected chi connectivity index (χ1v) is 11.7. The maximum atomic E-state index is 12.5. The normalized spacial score (nSPS) is 11.6. The van der Waals surface area contributed by atoms with Crippen molar-refractivity contribution < 1.29 is 4.79 Å². The lowest BCUT2D eigenvalue weighted by Crippen LogP contribution is -2.43. The van der Waals surface area contributed by atoms with Gasteiger partial charge >= 0.3 is 0 Å². The van der Waals surface area contributed by atoms with Crippen molar-refractivity contribution in [2.24, 2.45) is 0 Å². The third-order valence-electron chi connectivity index (χ3n) is 5.47. The van der Waals surface area contributed by atoms with E-state index in [0.717, 1.165) is 11.1 Å². The number of hydrogen-bond donors (Lipinski definition) is 0. The Morgan fingerprint density at radius 1 is 0.731 bits per heavy atom. The first-order chi connectivity index (χ1) is 12.3. The van der Waals surface area contributed by atoms with E-state index in [0.29, 0.717) is 22.2 Å². The molecular formula is C24H30OSi. The molecule has 0 saturated heterocycles. The van der Waals surface area contributed by atoms with Crippen molar-refractivity contribution in [3.63, 3.8) is 0 Å². The zero-order valence-electron chi connectivity index (χ0n) is 16.8. The topological polar surface area (TPSA) is 17.1 Å². The summed E-state index contributed by atoms with van der Waals surface area (Å²) >= 11 is 0. The highest BCUT2D eigenvalue weighted by atomic mass is 28.3. The zero-order valence-corrected chi connectivity index (χ0v) is 17.8. The van der Waals surface area contributed by atoms with Crippen LogP contribution in [0, 0.1) is 11.5 Å². The Morgan fingerprint density at radius 2 is 1.19 bits per heavy atom. The molecule has 0 heterocycles. The molecule has 0 N–H and O–H groups in total. The Kier molecular flexibility index (Phi) is 6.61. The van der Waals surface area contributed by atoms with Crippen molar-refractivity contribution >= 4 is 13.9 Å². The molecule has 0 aliphatic heterocycles. The predicted octanol–water partition coefficient (Wildman–Crippen LogP) is 6.49. The van der Waals surface area contributed by atoms with Gasteiger partial charge in [0.15, 0.2) is 5.78 Å². The minimum Gasteiger partial charge on any atom is -0.289 e. The van der Waals surface area contributed by atoms with Crippen molar-refractivity contribution in [3.05, 3.63) is 71.3 Å². The second kappa shape index (κ2) is 8.51. The fourth-order valence-electron chi connectivity index (χ4n) is 4.07. The molecule has 0 radical (unpaired) electrons. The fraction of sp³-hybridized carbons (Fsp3) is 0.375. The summed E-state index contributed by atoms with van der Waals surface area (Å²) in [5.74, 6) is 3.49. The summed E-state index contributed by atoms with van der Waals surface area (Å²) in [6.07, 6.45) is 0. The molecule has 0 saturated carbocycles. The molecular weight excluding hydrogens is 332 g/mol. The first kappa shape index (κ1) is 20.2. The van der Waals surface area contributed by atoms with Crippen LogP contribution in [0.2, 0.25) is 16.6 Å². The Morgan fingerprint density at radius 3 is 1.65 bits per heavy atom. The van der Waals surface area contributed by atoms with Gasteiger partial charge in [0, 0.05) is 16.7 Å². The van der Waals surface area contributed by atoms with Gasteiger partial charge in [-0.2, -0.15) is 0 Å². The van der Waals surface area contributed by atoms with Crippen LogP contribution in [0.4, 0.5) is 0 Å². The first-order valence-electron chi connectivity index (χ1n) is 9.52. The molecule has 0 fully saturated rings. The Balaban J connectivity index is 2.30. The van der Waals surface area contributed by atoms with E-state index in [2.05, 4.69) is 53.0 Å². The van der Waals surface area contributed by atoms with Gasteiger partial charge in [-0.1, -0.05) is 77.8 Å². The lowest BCUT2D eigenvalue weighted by Gasteiger charge is -2.38. The summed E-state index contributed by atoms with van der Waals surface area (Å²) in [4.78, 5) is 12.5. The van der Waals surface area contributed by atoms with E-state index in [4.69, 9.17) is 0 Å². The average molecular weight is 363 g/mol. The van der Waals surface area contributed by atoms with Gasteiger partial charge in [-0.3, -0.25) is 4.79 Å². The quantitative estimate of drug-likeness (QED) is 0.338. The number of carbonyl (C=O) groups is 1. The van der Waals surface area contributed by atoms with Crippen molar-refractivity contribution in [1.29, 1.82) is 0 Å². The van der Waals surface area contributed by atoms with E-state index < -0.39 is 8.07 Å². The number of hydrogen-bond acceptors (Lipinski definition) is 1. The molecule has 2 rings (SSSR count). The third kappa shape index (κ3) is 4.16. The molecule has 2 aromatic rings. The summed E-state index contributed by atoms with van der Waals surface area (Å²) in [5.41, 5.74) is 8.01. The van der Waals surface area contributed by atoms with Crippen LogP contribution in [-0.4, -0.2) is 13.9 Å². The van der Waals surface area contributed by atoms with E-state index in [1.807, 2.05) is 54.6 Å². The Labute approximate surface area is 159 Å². The lowest BCUT2D eigenvalue weighted by molar-refractivity contribution is 0.103. The number of ketones is 1. The Bertz CT molecular complexity index is 768. The average Bonchev–Trinajstić information content (AvgIpc) is 2.62. The minimum atomic E-state index is -1.73. The second-order valence-corrected chi connectivity index (χ2v) is 13.5. The maximum Gasteiger partial charge on any atom is 0.193 e. The molecule has 0 aliphatic rings. The second-order valence-electron chi connectivity index (χ2n) is 7.92. The van der Waals surface area contributed by atoms with Crippen molar-refractivity contribution in [2.75, 3.05) is 0 Å². The van der Waals surface area contributed by atoms with Gasteiger partial charge in [0.05, 0.1) is 0 Å². The highest BCUT2D eigenvalue weighted by molar-refractivity contribution is 6.90. The van der Waals surface area contributed by atoms with E-state index in [9.17, 15) is 4.79 Å². The van der Waals surface area contributed by atoms with Gasteiger partial charge in [0.25, 0.3) is 0 Å². The number of carbonyl (C=O) groups excluding carboxylic acids is 1. The number of rotatable bonds is 5. The van der Waals surface area contributed by atoms with E-state index in [-0.39, 0.29) is 5.78 Å². The molecule has 1 nitrogen and oxygen atoms in total. The maximum absolute atomic E-state index is 12.5. The third-order valence-corrected chi connectivity index (χ3v) is 11.8. The van der Waals surface area contributed by atoms with Crippen LogP contribution < -0.4 is 0 Å². The molecule has 0 bridgehead atoms. The van der Waals surface area contributed by atoms with Crippen LogP contribution in [0.15, 0.2) is 54.6 Å². The SMILES string of the molecule is CC(C)[Si](C#Cc1ccc(C(=O)c2ccccc2)cc1)(C(C)C)C(C)C. The van der Waals surface area contributed by atoms with Crippen LogP contribution >= 0.6 is 0 Å². The van der Waals surface area contributed by atoms with Gasteiger partial charge < -0.3 is 0 Å². The zero-order chi connectivity index (χ0) is 19.3. The van der Waals surface area contributed by atoms with E-state index in [1.54, 1.807) is 0 Å². The lowest BCUT2D eigenvalue weighted by atomic mass is 10.0. The Hall–Kier alpha value is -2.11. The van der Waals surface area contributed by atoms with Crippen molar-refractivity contribution in [1.82, 2.24) is 0 Å². The minimum absolute atomic E-state index is 0.0559. The van der Waals surface area contributed by atoms with Crippen LogP contribution in [-0.2, 0) is 0 Å². The highest BCUT2D eigenvalue weighted by Crippen LogP contribution is 2.40. The molecule has 136 valence electrons. The van der Waals surface area contributed by atoms with Gasteiger partial charge in [-0.25, -0.2) is 0 Å². The molecule has 0 aliphatic carbocycles. The summed E-state index contributed by atoms with van der Waals surface area (Å²) in [7, 11) is -1.73. The molecule has 0 atom stereocenters. The predicted molar refractivity (Wildman–Crippen MR) is 114 cm³/mol. The van der Waals surface area contributed by atoms with E-state index >= 15 is 0 Å². The summed E-state index contributed by atoms with van der Waals surface area (Å²) in [6, 6.07) is 17.1. The fourth-order valence-corrected chi connectivity index (χ4v) is 9.30. The molecule has 0 amide bonds. The smallest absolute Gasteiger partial charge is 0.193 e. The molecule has 26 heavy (non-hydrogen) atoms. The van der Waals surface area contributed by atoms with Gasteiger partial charge in [0.1, 0.15) is 8.07 Å². The number of benzene rings is 2. The molecule has 2 heteroatoms. The van der Waals surface area contributed by atoms with Crippen molar-refractivity contribution in [3.8, 4) is 11.5 Å².